The van der Waals surface area contributed by atoms with Gasteiger partial charge in [0.2, 0.25) is 5.91 Å². The van der Waals surface area contributed by atoms with E-state index in [-0.39, 0.29) is 5.78 Å². The molecule has 1 fully saturated rings. The molecule has 2 aliphatic rings. The van der Waals surface area contributed by atoms with E-state index >= 15 is 0 Å². The Bertz CT molecular complexity index is 1000. The van der Waals surface area contributed by atoms with E-state index in [1.807, 2.05) is 41.8 Å². The summed E-state index contributed by atoms with van der Waals surface area (Å²) < 4.78 is 0. The fraction of sp³-hybridized carbons (Fsp3) is 0.364. The Morgan fingerprint density at radius 1 is 1.23 bits per heavy atom. The Balaban J connectivity index is 1.46. The molecule has 1 spiro atoms. The lowest BCUT2D eigenvalue weighted by Crippen LogP contribution is -2.49. The molecule has 2 aromatic rings. The lowest BCUT2D eigenvalue weighted by atomic mass is 9.80. The first-order valence-corrected chi connectivity index (χ1v) is 10.8. The van der Waals surface area contributed by atoms with Gasteiger partial charge in [-0.25, -0.2) is 4.79 Å². The number of hydrogen-bond donors (Lipinski definition) is 2. The average molecular weight is 426 g/mol. The van der Waals surface area contributed by atoms with E-state index in [0.29, 0.717) is 12.8 Å². The van der Waals surface area contributed by atoms with E-state index in [4.69, 9.17) is 0 Å². The van der Waals surface area contributed by atoms with Crippen molar-refractivity contribution in [3.8, 4) is 0 Å². The lowest BCUT2D eigenvalue weighted by Gasteiger charge is -2.31. The lowest BCUT2D eigenvalue weighted by molar-refractivity contribution is -0.136. The number of nitrogens with zero attached hydrogens (tertiary/aromatic N) is 1. The fourth-order valence-corrected chi connectivity index (χ4v) is 5.21. The van der Waals surface area contributed by atoms with Crippen molar-refractivity contribution in [2.24, 2.45) is 0 Å². The summed E-state index contributed by atoms with van der Waals surface area (Å²) in [6.07, 6.45) is 2.55. The molecule has 2 N–H and O–H groups in total. The number of imide groups is 1. The SMILES string of the molecule is CC(=O)[C@H](Cc1ccccc1)NC(=O)CN1C(=O)N[C@]2(CCCc3sccc32)C1=O. The largest absolute Gasteiger partial charge is 0.344 e. The van der Waals surface area contributed by atoms with Crippen molar-refractivity contribution >= 4 is 35.0 Å². The summed E-state index contributed by atoms with van der Waals surface area (Å²) in [6.45, 7) is 1.00. The molecule has 0 radical (unpaired) electrons. The molecule has 0 bridgehead atoms. The second-order valence-electron chi connectivity index (χ2n) is 7.76. The smallest absolute Gasteiger partial charge is 0.325 e. The van der Waals surface area contributed by atoms with Crippen LogP contribution in [0.1, 0.15) is 35.8 Å². The maximum Gasteiger partial charge on any atom is 0.325 e. The van der Waals surface area contributed by atoms with Crippen molar-refractivity contribution in [1.29, 1.82) is 0 Å². The summed E-state index contributed by atoms with van der Waals surface area (Å²) in [7, 11) is 0. The number of urea groups is 1. The highest BCUT2D eigenvalue weighted by atomic mass is 32.1. The van der Waals surface area contributed by atoms with E-state index in [9.17, 15) is 19.2 Å². The third kappa shape index (κ3) is 3.63. The maximum atomic E-state index is 13.2. The molecule has 0 saturated carbocycles. The normalized spacial score (nSPS) is 21.3. The number of amides is 4. The molecule has 4 rings (SSSR count). The number of Topliss-reactive ketones (excluding diaryl/α,β-unsaturated/α-hetero) is 1. The highest BCUT2D eigenvalue weighted by Crippen LogP contribution is 2.41. The van der Waals surface area contributed by atoms with E-state index in [1.165, 1.54) is 6.92 Å². The van der Waals surface area contributed by atoms with E-state index in [0.717, 1.165) is 33.7 Å². The van der Waals surface area contributed by atoms with Gasteiger partial charge in [-0.3, -0.25) is 19.3 Å². The molecule has 8 heteroatoms. The van der Waals surface area contributed by atoms with E-state index in [2.05, 4.69) is 10.6 Å². The van der Waals surface area contributed by atoms with Gasteiger partial charge in [-0.2, -0.15) is 0 Å². The number of rotatable bonds is 6. The van der Waals surface area contributed by atoms with Crippen LogP contribution in [-0.4, -0.2) is 41.1 Å². The highest BCUT2D eigenvalue weighted by Gasteiger charge is 2.54. The van der Waals surface area contributed by atoms with Crippen LogP contribution in [-0.2, 0) is 32.8 Å². The van der Waals surface area contributed by atoms with Crippen molar-refractivity contribution in [3.63, 3.8) is 0 Å². The molecule has 0 unspecified atom stereocenters. The number of hydrogen-bond acceptors (Lipinski definition) is 5. The quantitative estimate of drug-likeness (QED) is 0.694. The Hall–Kier alpha value is -3.00. The van der Waals surface area contributed by atoms with Gasteiger partial charge in [0.1, 0.15) is 12.1 Å². The van der Waals surface area contributed by atoms with Gasteiger partial charge in [-0.1, -0.05) is 30.3 Å². The second-order valence-corrected chi connectivity index (χ2v) is 8.76. The first-order valence-electron chi connectivity index (χ1n) is 9.95. The van der Waals surface area contributed by atoms with Gasteiger partial charge in [-0.15, -0.1) is 11.3 Å². The Morgan fingerprint density at radius 2 is 2.00 bits per heavy atom. The number of ketones is 1. The van der Waals surface area contributed by atoms with Crippen LogP contribution in [0.4, 0.5) is 4.79 Å². The third-order valence-corrected chi connectivity index (χ3v) is 6.73. The Labute approximate surface area is 178 Å². The minimum Gasteiger partial charge on any atom is -0.344 e. The zero-order valence-corrected chi connectivity index (χ0v) is 17.5. The molecule has 1 aliphatic carbocycles. The minimum atomic E-state index is -1.07. The topological polar surface area (TPSA) is 95.6 Å². The number of nitrogens with one attached hydrogen (secondary N) is 2. The predicted octanol–water partition coefficient (Wildman–Crippen LogP) is 2.15. The van der Waals surface area contributed by atoms with Crippen molar-refractivity contribution in [2.75, 3.05) is 6.54 Å². The van der Waals surface area contributed by atoms with E-state index < -0.39 is 36.0 Å². The molecule has 1 aromatic heterocycles. The number of aryl methyl sites for hydroxylation is 1. The minimum absolute atomic E-state index is 0.184. The predicted molar refractivity (Wildman–Crippen MR) is 112 cm³/mol. The molecule has 1 saturated heterocycles. The molecule has 1 aliphatic heterocycles. The first-order chi connectivity index (χ1) is 14.4. The van der Waals surface area contributed by atoms with Crippen molar-refractivity contribution in [2.45, 2.75) is 44.2 Å². The maximum absolute atomic E-state index is 13.2. The monoisotopic (exact) mass is 425 g/mol. The van der Waals surface area contributed by atoms with Crippen LogP contribution >= 0.6 is 11.3 Å². The summed E-state index contributed by atoms with van der Waals surface area (Å²) in [5.41, 5.74) is 0.680. The molecule has 156 valence electrons. The Morgan fingerprint density at radius 3 is 2.73 bits per heavy atom. The van der Waals surface area contributed by atoms with Crippen molar-refractivity contribution in [3.05, 3.63) is 57.8 Å². The van der Waals surface area contributed by atoms with Crippen molar-refractivity contribution in [1.82, 2.24) is 15.5 Å². The number of benzene rings is 1. The van der Waals surface area contributed by atoms with Crippen LogP contribution in [0.25, 0.3) is 0 Å². The van der Waals surface area contributed by atoms with Gasteiger partial charge in [0.25, 0.3) is 5.91 Å². The third-order valence-electron chi connectivity index (χ3n) is 5.75. The van der Waals surface area contributed by atoms with Crippen LogP contribution in [0, 0.1) is 0 Å². The van der Waals surface area contributed by atoms with Crippen LogP contribution in [0.15, 0.2) is 41.8 Å². The van der Waals surface area contributed by atoms with E-state index in [1.54, 1.807) is 11.3 Å². The molecule has 2 atom stereocenters. The first kappa shape index (κ1) is 20.3. The standard InChI is InChI=1S/C22H23N3O4S/c1-14(26)17(12-15-6-3-2-4-7-15)23-19(27)13-25-20(28)22(24-21(25)29)10-5-8-18-16(22)9-11-30-18/h2-4,6-7,9,11,17H,5,8,10,12-13H2,1H3,(H,23,27)(H,24,29)/t17-,22-/m0/s1. The molecule has 4 amide bonds. The zero-order valence-electron chi connectivity index (χ0n) is 16.6. The number of thiophene rings is 1. The summed E-state index contributed by atoms with van der Waals surface area (Å²) in [5.74, 6) is -1.12. The number of carbonyl (C=O) groups is 4. The van der Waals surface area contributed by atoms with Crippen LogP contribution < -0.4 is 10.6 Å². The highest BCUT2D eigenvalue weighted by molar-refractivity contribution is 7.10. The summed E-state index contributed by atoms with van der Waals surface area (Å²) >= 11 is 1.58. The average Bonchev–Trinajstić information content (AvgIpc) is 3.29. The number of carbonyl (C=O) groups excluding carboxylic acids is 4. The second kappa shape index (κ2) is 8.02. The van der Waals surface area contributed by atoms with Crippen molar-refractivity contribution < 1.29 is 19.2 Å². The molecule has 30 heavy (non-hydrogen) atoms. The van der Waals surface area contributed by atoms with Crippen LogP contribution in [0.3, 0.4) is 0 Å². The van der Waals surface area contributed by atoms with Gasteiger partial charge in [-0.05, 0) is 49.6 Å². The van der Waals surface area contributed by atoms with Gasteiger partial charge in [0.15, 0.2) is 5.78 Å². The van der Waals surface area contributed by atoms with Gasteiger partial charge in [0, 0.05) is 10.4 Å². The molecule has 7 nitrogen and oxygen atoms in total. The zero-order chi connectivity index (χ0) is 21.3. The van der Waals surface area contributed by atoms with Crippen LogP contribution in [0.2, 0.25) is 0 Å². The molecular formula is C22H23N3O4S. The number of fused-ring (bicyclic) bond motifs is 2. The molecular weight excluding hydrogens is 402 g/mol. The van der Waals surface area contributed by atoms with Gasteiger partial charge < -0.3 is 10.6 Å². The van der Waals surface area contributed by atoms with Gasteiger partial charge in [0.05, 0.1) is 6.04 Å². The van der Waals surface area contributed by atoms with Gasteiger partial charge >= 0.3 is 6.03 Å². The fourth-order valence-electron chi connectivity index (χ4n) is 4.21. The Kier molecular flexibility index (Phi) is 5.42. The summed E-state index contributed by atoms with van der Waals surface area (Å²) in [5, 5.41) is 7.43. The summed E-state index contributed by atoms with van der Waals surface area (Å²) in [6, 6.07) is 9.96. The van der Waals surface area contributed by atoms with Crippen LogP contribution in [0.5, 0.6) is 0 Å². The molecule has 2 heterocycles. The molecule has 1 aromatic carbocycles. The summed E-state index contributed by atoms with van der Waals surface area (Å²) in [4.78, 5) is 52.5.